The lowest BCUT2D eigenvalue weighted by Gasteiger charge is -2.30. The zero-order chi connectivity index (χ0) is 12.7. The molecule has 92 valence electrons. The second-order valence-electron chi connectivity index (χ2n) is 6.14. The molecule has 1 unspecified atom stereocenters. The highest BCUT2D eigenvalue weighted by molar-refractivity contribution is 7.84. The standard InChI is InChI=1S/C12H22N2OS/c1-11(2,3)9-8-13-10(16(7)15)14(9)12(4,5)6/h8H,1-7H3. The van der Waals surface area contributed by atoms with E-state index in [9.17, 15) is 4.21 Å². The molecule has 1 heterocycles. The van der Waals surface area contributed by atoms with Gasteiger partial charge in [-0.25, -0.2) is 4.98 Å². The van der Waals surface area contributed by atoms with Crippen LogP contribution in [0, 0.1) is 0 Å². The van der Waals surface area contributed by atoms with E-state index in [0.717, 1.165) is 5.69 Å². The Morgan fingerprint density at radius 1 is 1.19 bits per heavy atom. The minimum Gasteiger partial charge on any atom is -0.315 e. The second kappa shape index (κ2) is 3.99. The molecule has 1 aromatic heterocycles. The predicted octanol–water partition coefficient (Wildman–Crippen LogP) is 2.67. The van der Waals surface area contributed by atoms with Crippen molar-refractivity contribution in [2.75, 3.05) is 6.26 Å². The molecule has 0 bridgehead atoms. The summed E-state index contributed by atoms with van der Waals surface area (Å²) in [5, 5.41) is 0.664. The van der Waals surface area contributed by atoms with Crippen LogP contribution in [0.1, 0.15) is 47.2 Å². The fourth-order valence-electron chi connectivity index (χ4n) is 1.71. The summed E-state index contributed by atoms with van der Waals surface area (Å²) < 4.78 is 13.8. The van der Waals surface area contributed by atoms with Gasteiger partial charge >= 0.3 is 0 Å². The van der Waals surface area contributed by atoms with E-state index in [4.69, 9.17) is 0 Å². The van der Waals surface area contributed by atoms with E-state index in [1.54, 1.807) is 6.26 Å². The van der Waals surface area contributed by atoms with Crippen molar-refractivity contribution in [1.82, 2.24) is 9.55 Å². The molecule has 3 nitrogen and oxygen atoms in total. The molecule has 0 saturated carbocycles. The fraction of sp³-hybridized carbons (Fsp3) is 0.750. The third-order valence-electron chi connectivity index (χ3n) is 2.43. The maximum Gasteiger partial charge on any atom is 0.199 e. The molecule has 0 saturated heterocycles. The molecule has 4 heteroatoms. The third kappa shape index (κ3) is 2.54. The molecule has 0 aromatic carbocycles. The zero-order valence-electron chi connectivity index (χ0n) is 11.3. The largest absolute Gasteiger partial charge is 0.315 e. The maximum atomic E-state index is 11.7. The van der Waals surface area contributed by atoms with Gasteiger partial charge in [0, 0.05) is 22.9 Å². The maximum absolute atomic E-state index is 11.7. The van der Waals surface area contributed by atoms with Crippen LogP contribution in [0.25, 0.3) is 0 Å². The Morgan fingerprint density at radius 3 is 2.00 bits per heavy atom. The van der Waals surface area contributed by atoms with Crippen LogP contribution < -0.4 is 0 Å². The van der Waals surface area contributed by atoms with Crippen molar-refractivity contribution in [2.45, 2.75) is 57.7 Å². The van der Waals surface area contributed by atoms with E-state index < -0.39 is 10.8 Å². The summed E-state index contributed by atoms with van der Waals surface area (Å²) in [6.07, 6.45) is 3.53. The number of aromatic nitrogens is 2. The molecule has 0 spiro atoms. The minimum atomic E-state index is -1.05. The Labute approximate surface area is 101 Å². The molecule has 1 atom stereocenters. The quantitative estimate of drug-likeness (QED) is 0.759. The van der Waals surface area contributed by atoms with E-state index in [-0.39, 0.29) is 11.0 Å². The molecular formula is C12H22N2OS. The lowest BCUT2D eigenvalue weighted by Crippen LogP contribution is -2.30. The van der Waals surface area contributed by atoms with Crippen LogP contribution in [-0.2, 0) is 21.8 Å². The SMILES string of the molecule is CS(=O)c1ncc(C(C)(C)C)n1C(C)(C)C. The lowest BCUT2D eigenvalue weighted by atomic mass is 9.91. The van der Waals surface area contributed by atoms with Gasteiger partial charge < -0.3 is 4.57 Å². The van der Waals surface area contributed by atoms with Gasteiger partial charge in [-0.15, -0.1) is 0 Å². The van der Waals surface area contributed by atoms with Gasteiger partial charge in [0.2, 0.25) is 0 Å². The molecule has 0 N–H and O–H groups in total. The Balaban J connectivity index is 3.50. The Morgan fingerprint density at radius 2 is 1.69 bits per heavy atom. The number of hydrogen-bond donors (Lipinski definition) is 0. The first kappa shape index (κ1) is 13.4. The van der Waals surface area contributed by atoms with Crippen molar-refractivity contribution in [3.05, 3.63) is 11.9 Å². The highest BCUT2D eigenvalue weighted by Gasteiger charge is 2.28. The lowest BCUT2D eigenvalue weighted by molar-refractivity contribution is 0.333. The summed E-state index contributed by atoms with van der Waals surface area (Å²) >= 11 is 0. The minimum absolute atomic E-state index is 0.0118. The molecule has 1 rings (SSSR count). The smallest absolute Gasteiger partial charge is 0.199 e. The molecule has 0 amide bonds. The van der Waals surface area contributed by atoms with Crippen LogP contribution in [0.2, 0.25) is 0 Å². The van der Waals surface area contributed by atoms with Gasteiger partial charge in [0.25, 0.3) is 0 Å². The summed E-state index contributed by atoms with van der Waals surface area (Å²) in [5.74, 6) is 0. The average molecular weight is 242 g/mol. The first-order chi connectivity index (χ1) is 7.05. The molecule has 1 aromatic rings. The summed E-state index contributed by atoms with van der Waals surface area (Å²) in [6.45, 7) is 12.8. The van der Waals surface area contributed by atoms with Gasteiger partial charge in [-0.1, -0.05) is 20.8 Å². The van der Waals surface area contributed by atoms with Gasteiger partial charge in [-0.3, -0.25) is 4.21 Å². The molecule has 0 aliphatic rings. The van der Waals surface area contributed by atoms with Crippen molar-refractivity contribution >= 4 is 10.8 Å². The van der Waals surface area contributed by atoms with E-state index in [0.29, 0.717) is 5.16 Å². The molecule has 0 aliphatic heterocycles. The van der Waals surface area contributed by atoms with Crippen molar-refractivity contribution in [2.24, 2.45) is 0 Å². The van der Waals surface area contributed by atoms with Gasteiger partial charge in [0.05, 0.1) is 17.0 Å². The van der Waals surface area contributed by atoms with E-state index >= 15 is 0 Å². The number of nitrogens with zero attached hydrogens (tertiary/aromatic N) is 2. The Hall–Kier alpha value is -0.640. The van der Waals surface area contributed by atoms with Crippen LogP contribution in [0.4, 0.5) is 0 Å². The highest BCUT2D eigenvalue weighted by atomic mass is 32.2. The van der Waals surface area contributed by atoms with Crippen LogP contribution in [-0.4, -0.2) is 20.0 Å². The van der Waals surface area contributed by atoms with E-state index in [1.165, 1.54) is 0 Å². The fourth-order valence-corrected chi connectivity index (χ4v) is 2.55. The second-order valence-corrected chi connectivity index (χ2v) is 7.41. The van der Waals surface area contributed by atoms with Crippen LogP contribution >= 0.6 is 0 Å². The summed E-state index contributed by atoms with van der Waals surface area (Å²) in [7, 11) is -1.05. The monoisotopic (exact) mass is 242 g/mol. The summed E-state index contributed by atoms with van der Waals surface area (Å²) in [4.78, 5) is 4.31. The molecule has 16 heavy (non-hydrogen) atoms. The summed E-state index contributed by atoms with van der Waals surface area (Å²) in [6, 6.07) is 0. The van der Waals surface area contributed by atoms with Crippen LogP contribution in [0.5, 0.6) is 0 Å². The summed E-state index contributed by atoms with van der Waals surface area (Å²) in [5.41, 5.74) is 1.04. The zero-order valence-corrected chi connectivity index (χ0v) is 12.1. The van der Waals surface area contributed by atoms with Crippen molar-refractivity contribution in [1.29, 1.82) is 0 Å². The Kier molecular flexibility index (Phi) is 3.34. The number of imidazole rings is 1. The van der Waals surface area contributed by atoms with Crippen LogP contribution in [0.15, 0.2) is 11.4 Å². The third-order valence-corrected chi connectivity index (χ3v) is 3.23. The molecule has 0 fully saturated rings. The molecule has 0 aliphatic carbocycles. The normalized spacial score (nSPS) is 15.2. The van der Waals surface area contributed by atoms with E-state index in [1.807, 2.05) is 6.20 Å². The number of hydrogen-bond acceptors (Lipinski definition) is 2. The topological polar surface area (TPSA) is 34.9 Å². The van der Waals surface area contributed by atoms with E-state index in [2.05, 4.69) is 51.1 Å². The van der Waals surface area contributed by atoms with Gasteiger partial charge in [0.15, 0.2) is 5.16 Å². The van der Waals surface area contributed by atoms with Gasteiger partial charge in [-0.2, -0.15) is 0 Å². The highest BCUT2D eigenvalue weighted by Crippen LogP contribution is 2.29. The predicted molar refractivity (Wildman–Crippen MR) is 68.3 cm³/mol. The van der Waals surface area contributed by atoms with Gasteiger partial charge in [-0.05, 0) is 20.8 Å². The van der Waals surface area contributed by atoms with Gasteiger partial charge in [0.1, 0.15) is 0 Å². The molecular weight excluding hydrogens is 220 g/mol. The average Bonchev–Trinajstić information content (AvgIpc) is 2.43. The molecule has 0 radical (unpaired) electrons. The first-order valence-corrected chi connectivity index (χ1v) is 7.03. The first-order valence-electron chi connectivity index (χ1n) is 5.47. The van der Waals surface area contributed by atoms with Crippen LogP contribution in [0.3, 0.4) is 0 Å². The van der Waals surface area contributed by atoms with Crippen molar-refractivity contribution < 1.29 is 4.21 Å². The van der Waals surface area contributed by atoms with Crippen molar-refractivity contribution in [3.63, 3.8) is 0 Å². The number of rotatable bonds is 1. The van der Waals surface area contributed by atoms with Crippen molar-refractivity contribution in [3.8, 4) is 0 Å². The Bertz CT molecular complexity index is 408.